The molecule has 0 radical (unpaired) electrons. The Morgan fingerprint density at radius 2 is 1.56 bits per heavy atom. The topological polar surface area (TPSA) is 113 Å². The van der Waals surface area contributed by atoms with Crippen LogP contribution in [0.15, 0.2) is 11.1 Å². The van der Waals surface area contributed by atoms with Gasteiger partial charge in [0.15, 0.2) is 5.78 Å². The minimum Gasteiger partial charge on any atom is -0.481 e. The fourth-order valence-corrected chi connectivity index (χ4v) is 14.5. The molecule has 0 aliphatic heterocycles. The number of fused-ring (bicyclic) bond motifs is 6. The molecule has 0 saturated heterocycles. The molecular formula is C43H67NO6. The van der Waals surface area contributed by atoms with E-state index in [-0.39, 0.29) is 57.3 Å². The number of hydrogen-bond donors (Lipinski definition) is 3. The average Bonchev–Trinajstić information content (AvgIpc) is 3.57. The smallest absolute Gasteiger partial charge is 0.309 e. The highest BCUT2D eigenvalue weighted by Crippen LogP contribution is 2.87. The van der Waals surface area contributed by atoms with Crippen molar-refractivity contribution in [2.45, 2.75) is 176 Å². The molecule has 0 aromatic rings. The van der Waals surface area contributed by atoms with Gasteiger partial charge in [-0.1, -0.05) is 66.4 Å². The lowest BCUT2D eigenvalue weighted by atomic mass is 9.33. The highest BCUT2D eigenvalue weighted by molar-refractivity contribution is 6.00. The SMILES string of the molecule is CC(C)C1=C2[C@H]3CC[C@@H]4[C@@]5(C)CC[C@H](OC(=O)CC(C)(C)C(=O)O)C6(C)C[C@]65CC[C@@]4(C)[C@]3(C)CC[C@@]2([C@@H](O)CNC2CCCCC2)CC1=O. The van der Waals surface area contributed by atoms with Crippen molar-refractivity contribution in [3.8, 4) is 0 Å². The van der Waals surface area contributed by atoms with Crippen molar-refractivity contribution in [3.05, 3.63) is 11.1 Å². The van der Waals surface area contributed by atoms with Crippen molar-refractivity contribution >= 4 is 17.7 Å². The van der Waals surface area contributed by atoms with Gasteiger partial charge in [0, 0.05) is 29.8 Å². The summed E-state index contributed by atoms with van der Waals surface area (Å²) in [4.78, 5) is 38.9. The van der Waals surface area contributed by atoms with Crippen molar-refractivity contribution in [2.75, 3.05) is 6.54 Å². The Bertz CT molecular complexity index is 1460. The first-order valence-corrected chi connectivity index (χ1v) is 20.4. The number of hydrogen-bond acceptors (Lipinski definition) is 6. The van der Waals surface area contributed by atoms with E-state index >= 15 is 0 Å². The highest BCUT2D eigenvalue weighted by Gasteiger charge is 2.82. The third-order valence-corrected chi connectivity index (χ3v) is 17.7. The molecule has 7 aliphatic rings. The third-order valence-electron chi connectivity index (χ3n) is 17.7. The first kappa shape index (κ1) is 36.6. The van der Waals surface area contributed by atoms with E-state index in [0.29, 0.717) is 30.8 Å². The summed E-state index contributed by atoms with van der Waals surface area (Å²) in [5.74, 6) is -0.0662. The largest absolute Gasteiger partial charge is 0.481 e. The van der Waals surface area contributed by atoms with Crippen LogP contribution >= 0.6 is 0 Å². The van der Waals surface area contributed by atoms with Crippen LogP contribution in [0, 0.1) is 55.7 Å². The molecule has 7 nitrogen and oxygen atoms in total. The Morgan fingerprint density at radius 3 is 2.22 bits per heavy atom. The van der Waals surface area contributed by atoms with E-state index < -0.39 is 22.9 Å². The average molecular weight is 694 g/mol. The number of rotatable bonds is 9. The summed E-state index contributed by atoms with van der Waals surface area (Å²) in [6.07, 6.45) is 15.2. The van der Waals surface area contributed by atoms with Gasteiger partial charge in [0.05, 0.1) is 17.9 Å². The summed E-state index contributed by atoms with van der Waals surface area (Å²) >= 11 is 0. The summed E-state index contributed by atoms with van der Waals surface area (Å²) < 4.78 is 6.20. The Hall–Kier alpha value is -1.73. The number of carbonyl (C=O) groups excluding carboxylic acids is 2. The molecule has 1 unspecified atom stereocenters. The zero-order chi connectivity index (χ0) is 36.3. The maximum atomic E-state index is 14.0. The van der Waals surface area contributed by atoms with E-state index in [1.807, 2.05) is 0 Å². The Labute approximate surface area is 301 Å². The zero-order valence-corrected chi connectivity index (χ0v) is 32.5. The fraction of sp³-hybridized carbons (Fsp3) is 0.884. The summed E-state index contributed by atoms with van der Waals surface area (Å²) in [5.41, 5.74) is 1.13. The molecule has 0 aromatic heterocycles. The molecule has 0 bridgehead atoms. The predicted molar refractivity (Wildman–Crippen MR) is 194 cm³/mol. The van der Waals surface area contributed by atoms with Crippen molar-refractivity contribution in [1.82, 2.24) is 5.32 Å². The number of carboxylic acid groups (broad SMARTS) is 1. The van der Waals surface area contributed by atoms with Gasteiger partial charge in [-0.15, -0.1) is 0 Å². The minimum absolute atomic E-state index is 0.0394. The lowest BCUT2D eigenvalue weighted by Crippen LogP contribution is -2.65. The Kier molecular flexibility index (Phi) is 8.71. The van der Waals surface area contributed by atoms with Crippen LogP contribution in [0.25, 0.3) is 0 Å². The van der Waals surface area contributed by atoms with E-state index in [2.05, 4.69) is 46.9 Å². The van der Waals surface area contributed by atoms with E-state index in [0.717, 1.165) is 63.4 Å². The van der Waals surface area contributed by atoms with Crippen LogP contribution in [0.3, 0.4) is 0 Å². The highest BCUT2D eigenvalue weighted by atomic mass is 16.5. The number of ketones is 1. The summed E-state index contributed by atoms with van der Waals surface area (Å²) in [6.45, 7) is 18.2. The second-order valence-corrected chi connectivity index (χ2v) is 20.5. The first-order valence-electron chi connectivity index (χ1n) is 20.4. The lowest BCUT2D eigenvalue weighted by Gasteiger charge is -2.71. The quantitative estimate of drug-likeness (QED) is 0.208. The summed E-state index contributed by atoms with van der Waals surface area (Å²) in [6, 6.07) is 0.478. The molecule has 7 heteroatoms. The van der Waals surface area contributed by atoms with Crippen LogP contribution in [0.1, 0.15) is 158 Å². The zero-order valence-electron chi connectivity index (χ0n) is 32.5. The number of aliphatic hydroxyl groups excluding tert-OH is 1. The molecule has 6 saturated carbocycles. The van der Waals surface area contributed by atoms with Crippen LogP contribution < -0.4 is 5.32 Å². The van der Waals surface area contributed by atoms with E-state index in [1.54, 1.807) is 13.8 Å². The van der Waals surface area contributed by atoms with Gasteiger partial charge in [-0.05, 0) is 129 Å². The molecule has 10 atom stereocenters. The number of carbonyl (C=O) groups is 3. The monoisotopic (exact) mass is 693 g/mol. The minimum atomic E-state index is -1.14. The molecule has 7 aliphatic carbocycles. The van der Waals surface area contributed by atoms with Crippen LogP contribution in [0.4, 0.5) is 0 Å². The second kappa shape index (κ2) is 11.9. The molecule has 3 N–H and O–H groups in total. The number of ether oxygens (including phenoxy) is 1. The standard InChI is InChI=1S/C43H67NO6/c1-26(2)34-29(45)22-42(31(46)24-44-27-12-10-9-11-13-27)20-18-38(5)28(35(34)42)14-15-30-39(38,6)19-21-43-25-41(43,8)32(16-17-40(30,43)7)50-33(47)23-37(3,4)36(48)49/h26-28,30-32,44,46H,9-25H2,1-8H3,(H,48,49)/t28-,30+,31+,32+,38-,39-,40-,41?,42+,43+/m1/s1. The molecule has 1 spiro atoms. The molecule has 0 aromatic carbocycles. The molecule has 280 valence electrons. The number of aliphatic hydroxyl groups is 1. The fourth-order valence-electron chi connectivity index (χ4n) is 14.5. The van der Waals surface area contributed by atoms with Crippen molar-refractivity contribution in [2.24, 2.45) is 55.7 Å². The van der Waals surface area contributed by atoms with Gasteiger partial charge in [-0.3, -0.25) is 14.4 Å². The van der Waals surface area contributed by atoms with E-state index in [9.17, 15) is 24.6 Å². The van der Waals surface area contributed by atoms with Gasteiger partial charge in [0.2, 0.25) is 0 Å². The lowest BCUT2D eigenvalue weighted by molar-refractivity contribution is -0.220. The Balaban J connectivity index is 1.16. The van der Waals surface area contributed by atoms with E-state index in [4.69, 9.17) is 4.74 Å². The Morgan fingerprint density at radius 1 is 0.880 bits per heavy atom. The van der Waals surface area contributed by atoms with Crippen LogP contribution in [0.2, 0.25) is 0 Å². The van der Waals surface area contributed by atoms with Gasteiger partial charge in [-0.25, -0.2) is 0 Å². The maximum Gasteiger partial charge on any atom is 0.309 e. The molecule has 6 fully saturated rings. The van der Waals surface area contributed by atoms with E-state index in [1.165, 1.54) is 37.7 Å². The number of aliphatic carboxylic acids is 1. The van der Waals surface area contributed by atoms with Crippen LogP contribution in [-0.2, 0) is 19.1 Å². The first-order chi connectivity index (χ1) is 23.3. The number of Topliss-reactive ketones (excluding diaryl/α,β-unsaturated/α-hetero) is 1. The van der Waals surface area contributed by atoms with Crippen molar-refractivity contribution in [1.29, 1.82) is 0 Å². The van der Waals surface area contributed by atoms with Crippen molar-refractivity contribution in [3.63, 3.8) is 0 Å². The predicted octanol–water partition coefficient (Wildman–Crippen LogP) is 8.42. The molecule has 50 heavy (non-hydrogen) atoms. The number of carboxylic acids is 1. The molecular weight excluding hydrogens is 626 g/mol. The number of nitrogens with one attached hydrogen (secondary N) is 1. The van der Waals surface area contributed by atoms with Gasteiger partial charge in [0.1, 0.15) is 6.10 Å². The molecule has 0 heterocycles. The summed E-state index contributed by atoms with van der Waals surface area (Å²) in [5, 5.41) is 25.5. The number of allylic oxidation sites excluding steroid dienone is 1. The number of esters is 1. The van der Waals surface area contributed by atoms with Gasteiger partial charge in [-0.2, -0.15) is 0 Å². The third kappa shape index (κ3) is 4.89. The van der Waals surface area contributed by atoms with Crippen LogP contribution in [0.5, 0.6) is 0 Å². The van der Waals surface area contributed by atoms with Gasteiger partial charge < -0.3 is 20.3 Å². The van der Waals surface area contributed by atoms with Crippen molar-refractivity contribution < 1.29 is 29.3 Å². The van der Waals surface area contributed by atoms with Crippen LogP contribution in [-0.4, -0.2) is 52.7 Å². The normalized spacial score (nSPS) is 44.8. The van der Waals surface area contributed by atoms with Gasteiger partial charge >= 0.3 is 11.9 Å². The summed E-state index contributed by atoms with van der Waals surface area (Å²) in [7, 11) is 0. The molecule has 0 amide bonds. The molecule has 7 rings (SSSR count). The second-order valence-electron chi connectivity index (χ2n) is 20.5. The van der Waals surface area contributed by atoms with Gasteiger partial charge in [0.25, 0.3) is 0 Å². The maximum absolute atomic E-state index is 14.0.